The van der Waals surface area contributed by atoms with E-state index in [1.165, 1.54) is 30.5 Å². The quantitative estimate of drug-likeness (QED) is 0.631. The summed E-state index contributed by atoms with van der Waals surface area (Å²) in [6.45, 7) is 3.58. The van der Waals surface area contributed by atoms with E-state index in [-0.39, 0.29) is 11.3 Å². The molecule has 3 N–H and O–H groups in total. The highest BCUT2D eigenvalue weighted by Crippen LogP contribution is 2.23. The number of benzene rings is 1. The van der Waals surface area contributed by atoms with Gasteiger partial charge in [0, 0.05) is 5.02 Å². The number of halogens is 1. The van der Waals surface area contributed by atoms with E-state index in [1.807, 2.05) is 6.92 Å². The number of unbranched alkanes of at least 4 members (excludes halogenated alkanes) is 1. The van der Waals surface area contributed by atoms with Crippen LogP contribution in [0.25, 0.3) is 0 Å². The minimum Gasteiger partial charge on any atom is -0.480 e. The normalized spacial score (nSPS) is 11.7. The smallest absolute Gasteiger partial charge is 0.326 e. The summed E-state index contributed by atoms with van der Waals surface area (Å²) in [7, 11) is 0. The van der Waals surface area contributed by atoms with Gasteiger partial charge in [-0.1, -0.05) is 31.4 Å². The second kappa shape index (κ2) is 9.23. The molecule has 144 valence electrons. The standard InChI is InChI=1S/C19H21ClN2O5/c1-3-4-5-15(19(25)26)21-18(24)14-7-6-12(20)10-16(14)22-17(23)13-8-9-27-11(13)2/h6-10,15H,3-5H2,1-2H3,(H,21,24)(H,22,23)(H,25,26)/t15-/m0/s1. The van der Waals surface area contributed by atoms with E-state index in [2.05, 4.69) is 10.6 Å². The van der Waals surface area contributed by atoms with Crippen molar-refractivity contribution in [1.29, 1.82) is 0 Å². The Morgan fingerprint density at radius 1 is 1.19 bits per heavy atom. The molecule has 0 aliphatic carbocycles. The highest BCUT2D eigenvalue weighted by molar-refractivity contribution is 6.31. The molecule has 7 nitrogen and oxygen atoms in total. The first kappa shape index (κ1) is 20.5. The maximum Gasteiger partial charge on any atom is 0.326 e. The van der Waals surface area contributed by atoms with Gasteiger partial charge in [-0.2, -0.15) is 0 Å². The number of furan rings is 1. The summed E-state index contributed by atoms with van der Waals surface area (Å²) in [5.41, 5.74) is 0.634. The Hall–Kier alpha value is -2.80. The molecule has 1 aromatic heterocycles. The highest BCUT2D eigenvalue weighted by atomic mass is 35.5. The molecule has 2 rings (SSSR count). The van der Waals surface area contributed by atoms with Crippen molar-refractivity contribution in [3.63, 3.8) is 0 Å². The Labute approximate surface area is 161 Å². The van der Waals surface area contributed by atoms with E-state index in [1.54, 1.807) is 6.92 Å². The summed E-state index contributed by atoms with van der Waals surface area (Å²) in [5.74, 6) is -1.73. The van der Waals surface area contributed by atoms with Gasteiger partial charge < -0.3 is 20.2 Å². The Bertz CT molecular complexity index is 846. The number of hydrogen-bond acceptors (Lipinski definition) is 4. The molecule has 1 aromatic carbocycles. The first-order valence-electron chi connectivity index (χ1n) is 8.52. The summed E-state index contributed by atoms with van der Waals surface area (Å²) in [5, 5.41) is 14.7. The second-order valence-electron chi connectivity index (χ2n) is 6.04. The number of amides is 2. The average molecular weight is 393 g/mol. The molecule has 0 radical (unpaired) electrons. The van der Waals surface area contributed by atoms with Crippen molar-refractivity contribution < 1.29 is 23.9 Å². The summed E-state index contributed by atoms with van der Waals surface area (Å²) in [6, 6.07) is 4.88. The van der Waals surface area contributed by atoms with Crippen LogP contribution in [0.5, 0.6) is 0 Å². The predicted octanol–water partition coefficient (Wildman–Crippen LogP) is 3.87. The molecular weight excluding hydrogens is 372 g/mol. The van der Waals surface area contributed by atoms with Gasteiger partial charge in [0.05, 0.1) is 23.1 Å². The topological polar surface area (TPSA) is 109 Å². The summed E-state index contributed by atoms with van der Waals surface area (Å²) >= 11 is 5.99. The van der Waals surface area contributed by atoms with Crippen molar-refractivity contribution in [3.05, 3.63) is 52.4 Å². The molecule has 0 saturated carbocycles. The van der Waals surface area contributed by atoms with Gasteiger partial charge in [-0.15, -0.1) is 0 Å². The fourth-order valence-corrected chi connectivity index (χ4v) is 2.70. The number of carbonyl (C=O) groups excluding carboxylic acids is 2. The second-order valence-corrected chi connectivity index (χ2v) is 6.48. The summed E-state index contributed by atoms with van der Waals surface area (Å²) in [6.07, 6.45) is 3.19. The lowest BCUT2D eigenvalue weighted by atomic mass is 10.1. The number of aryl methyl sites for hydroxylation is 1. The van der Waals surface area contributed by atoms with Gasteiger partial charge >= 0.3 is 5.97 Å². The number of carboxylic acid groups (broad SMARTS) is 1. The largest absolute Gasteiger partial charge is 0.480 e. The number of carbonyl (C=O) groups is 3. The lowest BCUT2D eigenvalue weighted by molar-refractivity contribution is -0.139. The number of aliphatic carboxylic acids is 1. The summed E-state index contributed by atoms with van der Waals surface area (Å²) < 4.78 is 5.11. The fourth-order valence-electron chi connectivity index (χ4n) is 2.53. The van der Waals surface area contributed by atoms with E-state index < -0.39 is 23.8 Å². The lowest BCUT2D eigenvalue weighted by Crippen LogP contribution is -2.41. The zero-order chi connectivity index (χ0) is 20.0. The van der Waals surface area contributed by atoms with Crippen molar-refractivity contribution in [2.45, 2.75) is 39.2 Å². The fraction of sp³-hybridized carbons (Fsp3) is 0.316. The van der Waals surface area contributed by atoms with Crippen LogP contribution in [-0.4, -0.2) is 28.9 Å². The van der Waals surface area contributed by atoms with Crippen LogP contribution in [0.1, 0.15) is 52.7 Å². The van der Waals surface area contributed by atoms with E-state index in [0.29, 0.717) is 29.2 Å². The average Bonchev–Trinajstić information content (AvgIpc) is 3.04. The number of rotatable bonds is 8. The van der Waals surface area contributed by atoms with E-state index in [9.17, 15) is 19.5 Å². The first-order chi connectivity index (χ1) is 12.8. The molecule has 0 aliphatic heterocycles. The van der Waals surface area contributed by atoms with Gasteiger partial charge in [-0.05, 0) is 37.6 Å². The van der Waals surface area contributed by atoms with Crippen molar-refractivity contribution >= 4 is 35.1 Å². The maximum absolute atomic E-state index is 12.6. The molecule has 27 heavy (non-hydrogen) atoms. The van der Waals surface area contributed by atoms with Crippen LogP contribution < -0.4 is 10.6 Å². The van der Waals surface area contributed by atoms with Gasteiger partial charge in [-0.25, -0.2) is 4.79 Å². The van der Waals surface area contributed by atoms with Crippen LogP contribution in [0.3, 0.4) is 0 Å². The van der Waals surface area contributed by atoms with Gasteiger partial charge in [0.25, 0.3) is 11.8 Å². The van der Waals surface area contributed by atoms with E-state index >= 15 is 0 Å². The molecule has 0 unspecified atom stereocenters. The van der Waals surface area contributed by atoms with Crippen molar-refractivity contribution in [1.82, 2.24) is 5.32 Å². The van der Waals surface area contributed by atoms with Gasteiger partial charge in [0.2, 0.25) is 0 Å². The third kappa shape index (κ3) is 5.34. The Morgan fingerprint density at radius 3 is 2.52 bits per heavy atom. The minimum absolute atomic E-state index is 0.122. The number of anilines is 1. The van der Waals surface area contributed by atoms with Gasteiger partial charge in [-0.3, -0.25) is 9.59 Å². The highest BCUT2D eigenvalue weighted by Gasteiger charge is 2.23. The van der Waals surface area contributed by atoms with Crippen LogP contribution in [-0.2, 0) is 4.79 Å². The Morgan fingerprint density at radius 2 is 1.93 bits per heavy atom. The van der Waals surface area contributed by atoms with Crippen molar-refractivity contribution in [2.75, 3.05) is 5.32 Å². The monoisotopic (exact) mass is 392 g/mol. The zero-order valence-corrected chi connectivity index (χ0v) is 15.8. The molecule has 0 saturated heterocycles. The van der Waals surface area contributed by atoms with Crippen LogP contribution in [0.4, 0.5) is 5.69 Å². The van der Waals surface area contributed by atoms with Crippen LogP contribution in [0, 0.1) is 6.92 Å². The molecular formula is C19H21ClN2O5. The Balaban J connectivity index is 2.23. The third-order valence-corrected chi connectivity index (χ3v) is 4.26. The molecule has 2 aromatic rings. The number of hydrogen-bond donors (Lipinski definition) is 3. The number of carboxylic acids is 1. The maximum atomic E-state index is 12.6. The molecule has 8 heteroatoms. The molecule has 0 aliphatic rings. The molecule has 0 bridgehead atoms. The van der Waals surface area contributed by atoms with Crippen LogP contribution in [0.2, 0.25) is 5.02 Å². The summed E-state index contributed by atoms with van der Waals surface area (Å²) in [4.78, 5) is 36.4. The Kier molecular flexibility index (Phi) is 7.01. The molecule has 0 spiro atoms. The lowest BCUT2D eigenvalue weighted by Gasteiger charge is -2.16. The van der Waals surface area contributed by atoms with Gasteiger partial charge in [0.1, 0.15) is 11.8 Å². The first-order valence-corrected chi connectivity index (χ1v) is 8.90. The van der Waals surface area contributed by atoms with Gasteiger partial charge in [0.15, 0.2) is 0 Å². The predicted molar refractivity (Wildman–Crippen MR) is 101 cm³/mol. The van der Waals surface area contributed by atoms with E-state index in [4.69, 9.17) is 16.0 Å². The third-order valence-electron chi connectivity index (χ3n) is 4.03. The van der Waals surface area contributed by atoms with Crippen LogP contribution in [0.15, 0.2) is 34.9 Å². The van der Waals surface area contributed by atoms with E-state index in [0.717, 1.165) is 6.42 Å². The van der Waals surface area contributed by atoms with Crippen molar-refractivity contribution in [2.24, 2.45) is 0 Å². The van der Waals surface area contributed by atoms with Crippen molar-refractivity contribution in [3.8, 4) is 0 Å². The molecule has 2 amide bonds. The van der Waals surface area contributed by atoms with Crippen LogP contribution >= 0.6 is 11.6 Å². The molecule has 0 fully saturated rings. The zero-order valence-electron chi connectivity index (χ0n) is 15.0. The minimum atomic E-state index is -1.11. The molecule has 1 heterocycles. The molecule has 1 atom stereocenters. The number of nitrogens with one attached hydrogen (secondary N) is 2. The SMILES string of the molecule is CCCC[C@H](NC(=O)c1ccc(Cl)cc1NC(=O)c1ccoc1C)C(=O)O.